The summed E-state index contributed by atoms with van der Waals surface area (Å²) in [5, 5.41) is 12.5. The molecule has 20 rings (SSSR count). The molecule has 4 aliphatic carbocycles. The normalized spacial score (nSPS) is 13.7. The van der Waals surface area contributed by atoms with Gasteiger partial charge in [-0.1, -0.05) is 258 Å². The van der Waals surface area contributed by atoms with Crippen molar-refractivity contribution in [1.29, 1.82) is 0 Å². The van der Waals surface area contributed by atoms with Crippen LogP contribution in [0.5, 0.6) is 0 Å². The number of rotatable bonds is 8. The number of anilines is 6. The van der Waals surface area contributed by atoms with Crippen LogP contribution in [0.1, 0.15) is 49.9 Å². The molecular weight excluding hydrogens is 1130 g/mol. The van der Waals surface area contributed by atoms with Crippen LogP contribution < -0.4 is 9.80 Å². The Balaban J connectivity index is 0.894. The Morgan fingerprint density at radius 2 is 0.564 bits per heavy atom. The van der Waals surface area contributed by atoms with Crippen molar-refractivity contribution in [1.82, 2.24) is 0 Å². The largest absolute Gasteiger partial charge is 0.310 e. The van der Waals surface area contributed by atoms with E-state index in [0.717, 1.165) is 34.1 Å². The van der Waals surface area contributed by atoms with Crippen molar-refractivity contribution in [3.63, 3.8) is 0 Å². The van der Waals surface area contributed by atoms with Crippen LogP contribution in [0.15, 0.2) is 303 Å². The van der Waals surface area contributed by atoms with E-state index < -0.39 is 0 Å². The van der Waals surface area contributed by atoms with Gasteiger partial charge in [0.05, 0.1) is 0 Å². The zero-order chi connectivity index (χ0) is 62.3. The lowest BCUT2D eigenvalue weighted by Gasteiger charge is -2.30. The van der Waals surface area contributed by atoms with Gasteiger partial charge < -0.3 is 9.80 Å². The highest BCUT2D eigenvalue weighted by molar-refractivity contribution is 6.30. The molecule has 0 amide bonds. The van der Waals surface area contributed by atoms with Gasteiger partial charge in [-0.3, -0.25) is 0 Å². The first-order valence-electron chi connectivity index (χ1n) is 33.1. The molecular formula is C92H62N2. The van der Waals surface area contributed by atoms with Gasteiger partial charge in [-0.15, -0.1) is 0 Å². The fourth-order valence-corrected chi connectivity index (χ4v) is 17.6. The Hall–Kier alpha value is -11.6. The lowest BCUT2D eigenvalue weighted by molar-refractivity contribution is 0.660. The third-order valence-electron chi connectivity index (χ3n) is 21.9. The molecule has 94 heavy (non-hydrogen) atoms. The van der Waals surface area contributed by atoms with Gasteiger partial charge in [0.2, 0.25) is 0 Å². The predicted octanol–water partition coefficient (Wildman–Crippen LogP) is 25.6. The number of hydrogen-bond donors (Lipinski definition) is 0. The first-order chi connectivity index (χ1) is 46.2. The van der Waals surface area contributed by atoms with Gasteiger partial charge in [-0.05, 0) is 238 Å². The van der Waals surface area contributed by atoms with Crippen LogP contribution >= 0.6 is 0 Å². The number of fused-ring (bicyclic) bond motifs is 16. The summed E-state index contributed by atoms with van der Waals surface area (Å²) in [5.74, 6) is 0. The molecule has 16 aromatic rings. The highest BCUT2D eigenvalue weighted by atomic mass is 15.1. The van der Waals surface area contributed by atoms with E-state index in [4.69, 9.17) is 0 Å². The SMILES string of the molecule is CC1(C)c2ccccc2-c2ccc(N(c3ccccc3)c3ccc4c(-c5ccc6c7c(cccc57)-c5ccccc5-6)c5cc(N(c6ccccc6)c6ccc7c(c6)C(C)(C)c6ccc8ccccc8c6-7)ccc5c(-c5ccc6c7c(cccc57)-c5ccccc5-6)c4c3)cc21. The molecule has 0 N–H and O–H groups in total. The third kappa shape index (κ3) is 7.31. The summed E-state index contributed by atoms with van der Waals surface area (Å²) < 4.78 is 0. The van der Waals surface area contributed by atoms with Gasteiger partial charge in [-0.25, -0.2) is 0 Å². The van der Waals surface area contributed by atoms with Gasteiger partial charge in [0.25, 0.3) is 0 Å². The van der Waals surface area contributed by atoms with Gasteiger partial charge in [0, 0.05) is 45.0 Å². The fourth-order valence-electron chi connectivity index (χ4n) is 17.6. The van der Waals surface area contributed by atoms with Crippen molar-refractivity contribution < 1.29 is 0 Å². The Morgan fingerprint density at radius 3 is 1.11 bits per heavy atom. The summed E-state index contributed by atoms with van der Waals surface area (Å²) >= 11 is 0. The van der Waals surface area contributed by atoms with E-state index in [2.05, 4.69) is 341 Å². The molecule has 0 spiro atoms. The minimum absolute atomic E-state index is 0.182. The van der Waals surface area contributed by atoms with Gasteiger partial charge in [0.1, 0.15) is 0 Å². The zero-order valence-corrected chi connectivity index (χ0v) is 52.8. The van der Waals surface area contributed by atoms with Crippen LogP contribution in [0, 0.1) is 0 Å². The van der Waals surface area contributed by atoms with Crippen molar-refractivity contribution in [2.24, 2.45) is 0 Å². The smallest absolute Gasteiger partial charge is 0.0468 e. The average Bonchev–Trinajstić information content (AvgIpc) is 1.01. The van der Waals surface area contributed by atoms with E-state index >= 15 is 0 Å². The number of hydrogen-bond acceptors (Lipinski definition) is 2. The van der Waals surface area contributed by atoms with E-state index in [1.807, 2.05) is 0 Å². The second-order valence-electron chi connectivity index (χ2n) is 27.4. The summed E-state index contributed by atoms with van der Waals surface area (Å²) in [6.45, 7) is 9.58. The molecule has 0 unspecified atom stereocenters. The zero-order valence-electron chi connectivity index (χ0n) is 52.8. The molecule has 2 heteroatoms. The summed E-state index contributed by atoms with van der Waals surface area (Å²) in [5.41, 5.74) is 32.1. The molecule has 0 saturated heterocycles. The molecule has 0 bridgehead atoms. The summed E-state index contributed by atoms with van der Waals surface area (Å²) in [7, 11) is 0. The topological polar surface area (TPSA) is 6.48 Å². The molecule has 16 aromatic carbocycles. The fraction of sp³-hybridized carbons (Fsp3) is 0.0652. The van der Waals surface area contributed by atoms with Crippen LogP contribution in [0.4, 0.5) is 34.1 Å². The molecule has 0 aromatic heterocycles. The van der Waals surface area contributed by atoms with E-state index in [1.54, 1.807) is 0 Å². The van der Waals surface area contributed by atoms with Gasteiger partial charge in [0.15, 0.2) is 0 Å². The lowest BCUT2D eigenvalue weighted by Crippen LogP contribution is -2.16. The number of nitrogens with zero attached hydrogens (tertiary/aromatic N) is 2. The second-order valence-corrected chi connectivity index (χ2v) is 27.4. The van der Waals surface area contributed by atoms with E-state index in [1.165, 1.54) is 165 Å². The molecule has 0 atom stereocenters. The summed E-state index contributed by atoms with van der Waals surface area (Å²) in [6.07, 6.45) is 0. The van der Waals surface area contributed by atoms with Crippen molar-refractivity contribution in [2.45, 2.75) is 38.5 Å². The second kappa shape index (κ2) is 19.5. The molecule has 440 valence electrons. The van der Waals surface area contributed by atoms with E-state index in [0.29, 0.717) is 0 Å². The average molecular weight is 1200 g/mol. The minimum Gasteiger partial charge on any atom is -0.310 e. The molecule has 0 saturated carbocycles. The molecule has 4 aliphatic rings. The number of benzene rings is 16. The van der Waals surface area contributed by atoms with Crippen molar-refractivity contribution >= 4 is 88.0 Å². The standard InChI is InChI=1S/C92H62N2/c1-91(2)82-36-18-17-31-67(82)68-42-38-60(53-84(68)91)93(56-22-7-5-8-23-56)58-39-43-77-80(51-58)88(75-48-46-73-65-29-15-13-27-63(65)69-32-19-34-71(75)86(69)73)78-44-40-59(52-81(78)89(77)76-49-47-74-66-30-16-14-28-64(66)70-33-20-35-72(76)87(70)74)94(57-24-9-6-10-25-57)61-41-45-79-85(54-61)92(3,4)83-50-37-55-21-11-12-26-62(55)90(79)83/h5-54H,1-4H3. The van der Waals surface area contributed by atoms with Gasteiger partial charge >= 0.3 is 0 Å². The van der Waals surface area contributed by atoms with Crippen LogP contribution in [0.25, 0.3) is 143 Å². The summed E-state index contributed by atoms with van der Waals surface area (Å²) in [6, 6.07) is 115. The maximum atomic E-state index is 2.53. The van der Waals surface area contributed by atoms with Crippen molar-refractivity contribution in [3.8, 4) is 89.0 Å². The Kier molecular flexibility index (Phi) is 11.0. The summed E-state index contributed by atoms with van der Waals surface area (Å²) in [4.78, 5) is 4.99. The van der Waals surface area contributed by atoms with Crippen molar-refractivity contribution in [2.75, 3.05) is 9.80 Å². The van der Waals surface area contributed by atoms with E-state index in [9.17, 15) is 0 Å². The first kappa shape index (κ1) is 53.1. The molecule has 0 radical (unpaired) electrons. The predicted molar refractivity (Wildman–Crippen MR) is 398 cm³/mol. The quantitative estimate of drug-likeness (QED) is 0.140. The molecule has 2 nitrogen and oxygen atoms in total. The van der Waals surface area contributed by atoms with Crippen LogP contribution in [0.3, 0.4) is 0 Å². The Labute approximate surface area is 547 Å². The Bertz CT molecular complexity index is 5930. The van der Waals surface area contributed by atoms with E-state index in [-0.39, 0.29) is 10.8 Å². The third-order valence-corrected chi connectivity index (χ3v) is 21.9. The monoisotopic (exact) mass is 1190 g/mol. The number of para-hydroxylation sites is 2. The maximum Gasteiger partial charge on any atom is 0.0468 e. The molecule has 0 aliphatic heterocycles. The van der Waals surface area contributed by atoms with Crippen molar-refractivity contribution in [3.05, 3.63) is 326 Å². The molecule has 0 heterocycles. The maximum absolute atomic E-state index is 2.53. The molecule has 0 fully saturated rings. The van der Waals surface area contributed by atoms with Gasteiger partial charge in [-0.2, -0.15) is 0 Å². The minimum atomic E-state index is -0.230. The van der Waals surface area contributed by atoms with Crippen LogP contribution in [0.2, 0.25) is 0 Å². The Morgan fingerprint density at radius 1 is 0.191 bits per heavy atom. The highest BCUT2D eigenvalue weighted by Gasteiger charge is 2.39. The highest BCUT2D eigenvalue weighted by Crippen LogP contribution is 2.58. The van der Waals surface area contributed by atoms with Crippen LogP contribution in [-0.4, -0.2) is 0 Å². The van der Waals surface area contributed by atoms with Crippen LogP contribution in [-0.2, 0) is 10.8 Å². The lowest BCUT2D eigenvalue weighted by atomic mass is 9.81. The first-order valence-corrected chi connectivity index (χ1v) is 33.1.